The fourth-order valence-corrected chi connectivity index (χ4v) is 6.20. The number of rotatable bonds is 4. The van der Waals surface area contributed by atoms with Gasteiger partial charge in [0, 0.05) is 25.4 Å². The van der Waals surface area contributed by atoms with Crippen molar-refractivity contribution in [1.29, 1.82) is 0 Å². The molecule has 5 nitrogen and oxygen atoms in total. The van der Waals surface area contributed by atoms with Crippen LogP contribution in [0.2, 0.25) is 0 Å². The minimum Gasteiger partial charge on any atom is -0.497 e. The second-order valence-corrected chi connectivity index (χ2v) is 9.11. The summed E-state index contributed by atoms with van der Waals surface area (Å²) in [4.78, 5) is 16.2. The SMILES string of the molecule is COc1cccc(CN2CC[C@H]3[C@H](C)C4(CCC3(c3ccccc3)C2=O)OCCO4)c1. The minimum atomic E-state index is -0.530. The van der Waals surface area contributed by atoms with E-state index in [1.165, 1.54) is 0 Å². The molecule has 1 amide bonds. The van der Waals surface area contributed by atoms with Crippen molar-refractivity contribution in [3.05, 3.63) is 65.7 Å². The number of nitrogens with zero attached hydrogens (tertiary/aromatic N) is 1. The lowest BCUT2D eigenvalue weighted by molar-refractivity contribution is -0.238. The summed E-state index contributed by atoms with van der Waals surface area (Å²) in [5, 5.41) is 0. The molecule has 0 aromatic heterocycles. The van der Waals surface area contributed by atoms with Gasteiger partial charge in [0.25, 0.3) is 0 Å². The average molecular weight is 422 g/mol. The molecule has 0 N–H and O–H groups in total. The van der Waals surface area contributed by atoms with Crippen molar-refractivity contribution in [2.75, 3.05) is 26.9 Å². The van der Waals surface area contributed by atoms with Gasteiger partial charge in [0.1, 0.15) is 5.75 Å². The molecule has 31 heavy (non-hydrogen) atoms. The summed E-state index contributed by atoms with van der Waals surface area (Å²) in [6.07, 6.45) is 2.44. The third kappa shape index (κ3) is 3.26. The van der Waals surface area contributed by atoms with Crippen LogP contribution >= 0.6 is 0 Å². The molecule has 0 bridgehead atoms. The van der Waals surface area contributed by atoms with Gasteiger partial charge in [0.15, 0.2) is 5.79 Å². The van der Waals surface area contributed by atoms with Gasteiger partial charge in [-0.1, -0.05) is 49.4 Å². The molecule has 3 aliphatic rings. The number of hydrogen-bond acceptors (Lipinski definition) is 4. The smallest absolute Gasteiger partial charge is 0.233 e. The predicted octanol–water partition coefficient (Wildman–Crippen LogP) is 4.15. The molecule has 2 aliphatic heterocycles. The summed E-state index contributed by atoms with van der Waals surface area (Å²) in [5.74, 6) is 0.875. The van der Waals surface area contributed by atoms with Gasteiger partial charge in [-0.15, -0.1) is 0 Å². The summed E-state index contributed by atoms with van der Waals surface area (Å²) in [6.45, 7) is 4.86. The maximum atomic E-state index is 14.2. The standard InChI is InChI=1S/C26H31NO4/c1-19-23-11-14-27(18-20-7-6-10-22(17-20)29-2)24(28)25(23,21-8-4-3-5-9-21)12-13-26(19)30-15-16-31-26/h3-10,17,19,23H,11-16,18H2,1-2H3/t19-,23-,25?/m0/s1. The number of fused-ring (bicyclic) bond motifs is 1. The van der Waals surface area contributed by atoms with Gasteiger partial charge >= 0.3 is 0 Å². The number of likely N-dealkylation sites (tertiary alicyclic amines) is 1. The monoisotopic (exact) mass is 421 g/mol. The van der Waals surface area contributed by atoms with Gasteiger partial charge in [-0.3, -0.25) is 4.79 Å². The number of amides is 1. The van der Waals surface area contributed by atoms with E-state index < -0.39 is 11.2 Å². The van der Waals surface area contributed by atoms with Crippen LogP contribution in [0.5, 0.6) is 5.75 Å². The Kier molecular flexibility index (Phi) is 5.27. The van der Waals surface area contributed by atoms with Crippen LogP contribution in [0.1, 0.15) is 37.3 Å². The third-order valence-corrected chi connectivity index (χ3v) is 7.75. The Morgan fingerprint density at radius 3 is 2.58 bits per heavy atom. The van der Waals surface area contributed by atoms with Crippen molar-refractivity contribution in [3.63, 3.8) is 0 Å². The van der Waals surface area contributed by atoms with E-state index in [-0.39, 0.29) is 17.7 Å². The van der Waals surface area contributed by atoms with Crippen molar-refractivity contribution in [3.8, 4) is 5.75 Å². The fourth-order valence-electron chi connectivity index (χ4n) is 6.20. The van der Waals surface area contributed by atoms with Crippen molar-refractivity contribution in [2.24, 2.45) is 11.8 Å². The van der Waals surface area contributed by atoms with Crippen LogP contribution in [0.4, 0.5) is 0 Å². The highest BCUT2D eigenvalue weighted by Gasteiger charge is 2.62. The Morgan fingerprint density at radius 2 is 1.84 bits per heavy atom. The van der Waals surface area contributed by atoms with E-state index in [4.69, 9.17) is 14.2 Å². The average Bonchev–Trinajstić information content (AvgIpc) is 3.29. The van der Waals surface area contributed by atoms with Crippen LogP contribution in [0.25, 0.3) is 0 Å². The van der Waals surface area contributed by atoms with Gasteiger partial charge in [-0.2, -0.15) is 0 Å². The Hall–Kier alpha value is -2.37. The molecule has 2 aromatic rings. The van der Waals surface area contributed by atoms with E-state index in [0.29, 0.717) is 19.8 Å². The fraction of sp³-hybridized carbons (Fsp3) is 0.500. The highest BCUT2D eigenvalue weighted by molar-refractivity contribution is 5.90. The molecule has 2 aromatic carbocycles. The molecule has 5 heteroatoms. The van der Waals surface area contributed by atoms with Crippen LogP contribution in [0, 0.1) is 11.8 Å². The van der Waals surface area contributed by atoms with Crippen LogP contribution in [-0.4, -0.2) is 43.5 Å². The van der Waals surface area contributed by atoms with Crippen LogP contribution in [0.15, 0.2) is 54.6 Å². The molecule has 1 saturated carbocycles. The topological polar surface area (TPSA) is 48.0 Å². The highest BCUT2D eigenvalue weighted by Crippen LogP contribution is 2.56. The summed E-state index contributed by atoms with van der Waals surface area (Å²) in [5.41, 5.74) is 1.69. The molecular weight excluding hydrogens is 390 g/mol. The molecule has 1 aliphatic carbocycles. The zero-order valence-electron chi connectivity index (χ0n) is 18.4. The highest BCUT2D eigenvalue weighted by atomic mass is 16.7. The number of hydrogen-bond donors (Lipinski definition) is 0. The Bertz CT molecular complexity index is 939. The normalized spacial score (nSPS) is 29.7. The number of carbonyl (C=O) groups excluding carboxylic acids is 1. The number of carbonyl (C=O) groups is 1. The summed E-state index contributed by atoms with van der Waals surface area (Å²) >= 11 is 0. The van der Waals surface area contributed by atoms with E-state index in [2.05, 4.69) is 25.1 Å². The number of ether oxygens (including phenoxy) is 3. The quantitative estimate of drug-likeness (QED) is 0.744. The van der Waals surface area contributed by atoms with Crippen LogP contribution in [-0.2, 0) is 26.2 Å². The van der Waals surface area contributed by atoms with Crippen LogP contribution < -0.4 is 4.74 Å². The zero-order chi connectivity index (χ0) is 21.5. The lowest BCUT2D eigenvalue weighted by Crippen LogP contribution is -2.64. The first-order valence-corrected chi connectivity index (χ1v) is 11.3. The molecule has 5 rings (SSSR count). The van der Waals surface area contributed by atoms with E-state index in [9.17, 15) is 4.79 Å². The third-order valence-electron chi connectivity index (χ3n) is 7.75. The van der Waals surface area contributed by atoms with Crippen molar-refractivity contribution < 1.29 is 19.0 Å². The molecule has 2 heterocycles. The van der Waals surface area contributed by atoms with Crippen LogP contribution in [0.3, 0.4) is 0 Å². The number of methoxy groups -OCH3 is 1. The molecule has 0 radical (unpaired) electrons. The van der Waals surface area contributed by atoms with E-state index in [0.717, 1.165) is 42.7 Å². The molecule has 3 atom stereocenters. The van der Waals surface area contributed by atoms with Crippen molar-refractivity contribution in [2.45, 2.75) is 43.9 Å². The second kappa shape index (κ2) is 7.95. The first-order valence-electron chi connectivity index (χ1n) is 11.3. The second-order valence-electron chi connectivity index (χ2n) is 9.11. The first kappa shape index (κ1) is 20.5. The Balaban J connectivity index is 1.50. The lowest BCUT2D eigenvalue weighted by atomic mass is 9.54. The molecule has 3 fully saturated rings. The molecule has 164 valence electrons. The Morgan fingerprint density at radius 1 is 1.06 bits per heavy atom. The number of benzene rings is 2. The maximum Gasteiger partial charge on any atom is 0.233 e. The predicted molar refractivity (Wildman–Crippen MR) is 118 cm³/mol. The lowest BCUT2D eigenvalue weighted by Gasteiger charge is -2.56. The largest absolute Gasteiger partial charge is 0.497 e. The van der Waals surface area contributed by atoms with E-state index in [1.54, 1.807) is 7.11 Å². The summed E-state index contributed by atoms with van der Waals surface area (Å²) in [6, 6.07) is 18.4. The molecule has 1 spiro atoms. The molecular formula is C26H31NO4. The molecule has 1 unspecified atom stereocenters. The van der Waals surface area contributed by atoms with Crippen molar-refractivity contribution >= 4 is 5.91 Å². The summed E-state index contributed by atoms with van der Waals surface area (Å²) in [7, 11) is 1.67. The first-order chi connectivity index (χ1) is 15.1. The van der Waals surface area contributed by atoms with Gasteiger partial charge in [-0.05, 0) is 42.0 Å². The Labute approximate surface area is 184 Å². The maximum absolute atomic E-state index is 14.2. The van der Waals surface area contributed by atoms with Gasteiger partial charge < -0.3 is 19.1 Å². The zero-order valence-corrected chi connectivity index (χ0v) is 18.4. The van der Waals surface area contributed by atoms with Crippen molar-refractivity contribution in [1.82, 2.24) is 4.90 Å². The van der Waals surface area contributed by atoms with Gasteiger partial charge in [0.05, 0.1) is 25.7 Å². The molecule has 2 saturated heterocycles. The number of piperidine rings is 1. The van der Waals surface area contributed by atoms with E-state index in [1.807, 2.05) is 41.3 Å². The van der Waals surface area contributed by atoms with Gasteiger partial charge in [0.2, 0.25) is 5.91 Å². The van der Waals surface area contributed by atoms with Gasteiger partial charge in [-0.25, -0.2) is 0 Å². The van der Waals surface area contributed by atoms with E-state index >= 15 is 0 Å². The minimum absolute atomic E-state index is 0.159. The summed E-state index contributed by atoms with van der Waals surface area (Å²) < 4.78 is 17.7.